The highest BCUT2D eigenvalue weighted by Gasteiger charge is 2.12. The lowest BCUT2D eigenvalue weighted by Crippen LogP contribution is -1.93. The third-order valence-corrected chi connectivity index (χ3v) is 4.27. The summed E-state index contributed by atoms with van der Waals surface area (Å²) in [6, 6.07) is 12.9. The summed E-state index contributed by atoms with van der Waals surface area (Å²) in [5.74, 6) is 0. The fraction of sp³-hybridized carbons (Fsp3) is 0.143. The van der Waals surface area contributed by atoms with Crippen LogP contribution in [-0.2, 0) is 9.05 Å². The molecule has 0 heterocycles. The average Bonchev–Trinajstić information content (AvgIpc) is 2.29. The average molecular weight is 281 g/mol. The Labute approximate surface area is 112 Å². The van der Waals surface area contributed by atoms with E-state index in [0.717, 1.165) is 22.3 Å². The summed E-state index contributed by atoms with van der Waals surface area (Å²) in [6.07, 6.45) is 0. The highest BCUT2D eigenvalue weighted by Crippen LogP contribution is 2.29. The molecule has 0 bridgehead atoms. The summed E-state index contributed by atoms with van der Waals surface area (Å²) in [6.45, 7) is 3.91. The van der Waals surface area contributed by atoms with Crippen molar-refractivity contribution in [2.45, 2.75) is 18.7 Å². The summed E-state index contributed by atoms with van der Waals surface area (Å²) >= 11 is 0. The smallest absolute Gasteiger partial charge is 0.207 e. The van der Waals surface area contributed by atoms with Crippen molar-refractivity contribution in [2.75, 3.05) is 0 Å². The van der Waals surface area contributed by atoms with E-state index in [0.29, 0.717) is 0 Å². The molecule has 0 radical (unpaired) electrons. The fourth-order valence-electron chi connectivity index (χ4n) is 1.97. The maximum Gasteiger partial charge on any atom is 0.261 e. The molecule has 18 heavy (non-hydrogen) atoms. The first kappa shape index (κ1) is 13.1. The summed E-state index contributed by atoms with van der Waals surface area (Å²) in [4.78, 5) is 0.138. The van der Waals surface area contributed by atoms with Gasteiger partial charge in [0.2, 0.25) is 0 Å². The molecule has 0 saturated carbocycles. The van der Waals surface area contributed by atoms with Gasteiger partial charge >= 0.3 is 0 Å². The maximum atomic E-state index is 11.3. The zero-order chi connectivity index (χ0) is 13.3. The van der Waals surface area contributed by atoms with Crippen molar-refractivity contribution >= 4 is 19.7 Å². The van der Waals surface area contributed by atoms with Crippen molar-refractivity contribution in [2.24, 2.45) is 0 Å². The van der Waals surface area contributed by atoms with Gasteiger partial charge < -0.3 is 0 Å². The SMILES string of the molecule is Cc1ccccc1-c1ccc(S(=O)(=O)Cl)cc1C. The van der Waals surface area contributed by atoms with Crippen LogP contribution in [0.5, 0.6) is 0 Å². The lowest BCUT2D eigenvalue weighted by Gasteiger charge is -2.10. The highest BCUT2D eigenvalue weighted by molar-refractivity contribution is 8.13. The second-order valence-electron chi connectivity index (χ2n) is 4.23. The maximum absolute atomic E-state index is 11.3. The van der Waals surface area contributed by atoms with Crippen molar-refractivity contribution in [3.05, 3.63) is 53.6 Å². The van der Waals surface area contributed by atoms with Gasteiger partial charge in [0, 0.05) is 10.7 Å². The van der Waals surface area contributed by atoms with Gasteiger partial charge in [-0.2, -0.15) is 0 Å². The van der Waals surface area contributed by atoms with Gasteiger partial charge in [-0.25, -0.2) is 8.42 Å². The van der Waals surface area contributed by atoms with Crippen LogP contribution in [0.3, 0.4) is 0 Å². The Morgan fingerprint density at radius 2 is 1.50 bits per heavy atom. The van der Waals surface area contributed by atoms with Gasteiger partial charge in [-0.05, 0) is 48.2 Å². The van der Waals surface area contributed by atoms with Gasteiger partial charge in [-0.15, -0.1) is 0 Å². The van der Waals surface area contributed by atoms with Gasteiger partial charge in [-0.1, -0.05) is 30.3 Å². The predicted octanol–water partition coefficient (Wildman–Crippen LogP) is 3.90. The molecule has 2 aromatic carbocycles. The molecule has 0 spiro atoms. The molecule has 0 aliphatic rings. The molecule has 2 nitrogen and oxygen atoms in total. The van der Waals surface area contributed by atoms with Crippen LogP contribution in [0, 0.1) is 13.8 Å². The van der Waals surface area contributed by atoms with Crippen molar-refractivity contribution in [1.82, 2.24) is 0 Å². The van der Waals surface area contributed by atoms with Crippen molar-refractivity contribution < 1.29 is 8.42 Å². The van der Waals surface area contributed by atoms with Gasteiger partial charge in [0.25, 0.3) is 9.05 Å². The Balaban J connectivity index is 2.59. The molecule has 0 saturated heterocycles. The Hall–Kier alpha value is -1.32. The first-order chi connectivity index (χ1) is 8.39. The molecular formula is C14H13ClO2S. The zero-order valence-electron chi connectivity index (χ0n) is 10.1. The van der Waals surface area contributed by atoms with Crippen molar-refractivity contribution in [1.29, 1.82) is 0 Å². The van der Waals surface area contributed by atoms with E-state index in [4.69, 9.17) is 10.7 Å². The van der Waals surface area contributed by atoms with Crippen LogP contribution in [0.2, 0.25) is 0 Å². The largest absolute Gasteiger partial charge is 0.261 e. The van der Waals surface area contributed by atoms with Crippen LogP contribution in [-0.4, -0.2) is 8.42 Å². The normalized spacial score (nSPS) is 11.5. The fourth-order valence-corrected chi connectivity index (χ4v) is 2.80. The third-order valence-electron chi connectivity index (χ3n) is 2.91. The molecule has 0 unspecified atom stereocenters. The van der Waals surface area contributed by atoms with Crippen LogP contribution in [0.1, 0.15) is 11.1 Å². The van der Waals surface area contributed by atoms with E-state index < -0.39 is 9.05 Å². The number of halogens is 1. The second kappa shape index (κ2) is 4.75. The lowest BCUT2D eigenvalue weighted by atomic mass is 9.97. The van der Waals surface area contributed by atoms with Crippen LogP contribution in [0.4, 0.5) is 0 Å². The van der Waals surface area contributed by atoms with E-state index in [-0.39, 0.29) is 4.90 Å². The van der Waals surface area contributed by atoms with E-state index in [1.54, 1.807) is 12.1 Å². The molecule has 2 rings (SSSR count). The van der Waals surface area contributed by atoms with Gasteiger partial charge in [0.05, 0.1) is 4.90 Å². The minimum Gasteiger partial charge on any atom is -0.207 e. The highest BCUT2D eigenvalue weighted by atomic mass is 35.7. The Morgan fingerprint density at radius 1 is 0.889 bits per heavy atom. The quantitative estimate of drug-likeness (QED) is 0.782. The molecule has 0 fully saturated rings. The van der Waals surface area contributed by atoms with E-state index >= 15 is 0 Å². The van der Waals surface area contributed by atoms with Crippen LogP contribution in [0.25, 0.3) is 11.1 Å². The molecule has 2 aromatic rings. The molecule has 0 aliphatic carbocycles. The van der Waals surface area contributed by atoms with Crippen LogP contribution in [0.15, 0.2) is 47.4 Å². The topological polar surface area (TPSA) is 34.1 Å². The van der Waals surface area contributed by atoms with Gasteiger partial charge in [0.1, 0.15) is 0 Å². The van der Waals surface area contributed by atoms with Crippen molar-refractivity contribution in [3.8, 4) is 11.1 Å². The number of hydrogen-bond acceptors (Lipinski definition) is 2. The van der Waals surface area contributed by atoms with E-state index in [2.05, 4.69) is 0 Å². The second-order valence-corrected chi connectivity index (χ2v) is 6.80. The van der Waals surface area contributed by atoms with Gasteiger partial charge in [-0.3, -0.25) is 0 Å². The summed E-state index contributed by atoms with van der Waals surface area (Å²) < 4.78 is 22.5. The number of hydrogen-bond donors (Lipinski definition) is 0. The van der Waals surface area contributed by atoms with Gasteiger partial charge in [0.15, 0.2) is 0 Å². The lowest BCUT2D eigenvalue weighted by molar-refractivity contribution is 0.609. The number of aryl methyl sites for hydroxylation is 2. The van der Waals surface area contributed by atoms with Crippen LogP contribution >= 0.6 is 10.7 Å². The standard InChI is InChI=1S/C14H13ClO2S/c1-10-5-3-4-6-13(10)14-8-7-12(9-11(14)2)18(15,16)17/h3-9H,1-2H3. The molecule has 4 heteroatoms. The molecule has 0 aliphatic heterocycles. The molecule has 94 valence electrons. The first-order valence-corrected chi connectivity index (χ1v) is 7.82. The zero-order valence-corrected chi connectivity index (χ0v) is 11.7. The van der Waals surface area contributed by atoms with E-state index in [9.17, 15) is 8.42 Å². The summed E-state index contributed by atoms with van der Waals surface area (Å²) in [5.41, 5.74) is 4.18. The molecule has 0 N–H and O–H groups in total. The predicted molar refractivity (Wildman–Crippen MR) is 74.4 cm³/mol. The summed E-state index contributed by atoms with van der Waals surface area (Å²) in [5, 5.41) is 0. The first-order valence-electron chi connectivity index (χ1n) is 5.51. The number of rotatable bonds is 2. The van der Waals surface area contributed by atoms with Crippen LogP contribution < -0.4 is 0 Å². The minimum atomic E-state index is -3.66. The minimum absolute atomic E-state index is 0.138. The molecule has 0 amide bonds. The third kappa shape index (κ3) is 2.57. The molecule has 0 atom stereocenters. The van der Waals surface area contributed by atoms with Crippen molar-refractivity contribution in [3.63, 3.8) is 0 Å². The Kier molecular flexibility index (Phi) is 3.46. The Bertz CT molecular complexity index is 691. The number of benzene rings is 2. The monoisotopic (exact) mass is 280 g/mol. The Morgan fingerprint density at radius 3 is 2.06 bits per heavy atom. The summed E-state index contributed by atoms with van der Waals surface area (Å²) in [7, 11) is 1.67. The molecular weight excluding hydrogens is 268 g/mol. The molecule has 0 aromatic heterocycles. The van der Waals surface area contributed by atoms with E-state index in [1.807, 2.05) is 38.1 Å². The van der Waals surface area contributed by atoms with E-state index in [1.165, 1.54) is 6.07 Å².